The molecule has 3 aromatic rings. The summed E-state index contributed by atoms with van der Waals surface area (Å²) in [6.07, 6.45) is 1.04. The number of rotatable bonds is 6. The Kier molecular flexibility index (Phi) is 4.72. The molecule has 0 aliphatic carbocycles. The van der Waals surface area contributed by atoms with Crippen LogP contribution in [0.15, 0.2) is 54.6 Å². The molecule has 0 aliphatic rings. The minimum Gasteiger partial charge on any atom is -0.362 e. The molecule has 3 rings (SSSR count). The molecular formula is C21H27NSi. The van der Waals surface area contributed by atoms with E-state index in [9.17, 15) is 0 Å². The maximum atomic E-state index is 3.84. The van der Waals surface area contributed by atoms with E-state index in [0.29, 0.717) is 0 Å². The SMILES string of the molecule is CC[Si](CC)(CC)c1[nH]c2ccccc2c1Cc1ccccc1. The summed E-state index contributed by atoms with van der Waals surface area (Å²) in [5, 5.41) is 3.01. The van der Waals surface area contributed by atoms with Gasteiger partial charge in [-0.1, -0.05) is 87.4 Å². The average Bonchev–Trinajstić information content (AvgIpc) is 2.97. The Hall–Kier alpha value is -1.80. The van der Waals surface area contributed by atoms with Gasteiger partial charge in [0, 0.05) is 16.2 Å². The second-order valence-corrected chi connectivity index (χ2v) is 11.7. The summed E-state index contributed by atoms with van der Waals surface area (Å²) >= 11 is 0. The molecule has 0 radical (unpaired) electrons. The Morgan fingerprint density at radius 3 is 2.04 bits per heavy atom. The molecule has 2 aromatic carbocycles. The van der Waals surface area contributed by atoms with E-state index in [4.69, 9.17) is 0 Å². The van der Waals surface area contributed by atoms with Crippen molar-refractivity contribution in [1.29, 1.82) is 0 Å². The van der Waals surface area contributed by atoms with Crippen LogP contribution in [0.4, 0.5) is 0 Å². The van der Waals surface area contributed by atoms with E-state index in [0.717, 1.165) is 6.42 Å². The highest BCUT2D eigenvalue weighted by Crippen LogP contribution is 2.27. The smallest absolute Gasteiger partial charge is 0.107 e. The number of aromatic nitrogens is 1. The molecule has 2 heteroatoms. The van der Waals surface area contributed by atoms with Crippen molar-refractivity contribution in [1.82, 2.24) is 4.98 Å². The van der Waals surface area contributed by atoms with Gasteiger partial charge in [-0.05, 0) is 23.6 Å². The number of nitrogens with one attached hydrogen (secondary N) is 1. The number of benzene rings is 2. The van der Waals surface area contributed by atoms with Gasteiger partial charge < -0.3 is 4.98 Å². The van der Waals surface area contributed by atoms with E-state index in [2.05, 4.69) is 80.4 Å². The molecule has 0 atom stereocenters. The predicted octanol–water partition coefficient (Wildman–Crippen LogP) is 5.47. The minimum absolute atomic E-state index is 1.04. The molecule has 1 heterocycles. The van der Waals surface area contributed by atoms with Crippen LogP contribution in [0, 0.1) is 0 Å². The second-order valence-electron chi connectivity index (χ2n) is 6.53. The van der Waals surface area contributed by atoms with Crippen LogP contribution >= 0.6 is 0 Å². The van der Waals surface area contributed by atoms with Crippen LogP contribution in [0.1, 0.15) is 31.9 Å². The molecule has 0 spiro atoms. The third kappa shape index (κ3) is 2.88. The van der Waals surface area contributed by atoms with E-state index in [1.165, 1.54) is 34.6 Å². The molecule has 0 unspecified atom stereocenters. The Morgan fingerprint density at radius 2 is 1.39 bits per heavy atom. The summed E-state index contributed by atoms with van der Waals surface area (Å²) < 4.78 is 0. The molecule has 0 saturated carbocycles. The summed E-state index contributed by atoms with van der Waals surface area (Å²) in [6.45, 7) is 7.16. The van der Waals surface area contributed by atoms with Crippen molar-refractivity contribution in [3.05, 3.63) is 65.7 Å². The lowest BCUT2D eigenvalue weighted by atomic mass is 10.0. The lowest BCUT2D eigenvalue weighted by Crippen LogP contribution is -2.48. The van der Waals surface area contributed by atoms with Gasteiger partial charge in [0.1, 0.15) is 8.07 Å². The Balaban J connectivity index is 2.19. The molecule has 0 fully saturated rings. The topological polar surface area (TPSA) is 15.8 Å². The number of para-hydroxylation sites is 1. The Bertz CT molecular complexity index is 761. The van der Waals surface area contributed by atoms with Gasteiger partial charge in [0.2, 0.25) is 0 Å². The third-order valence-electron chi connectivity index (χ3n) is 5.60. The van der Waals surface area contributed by atoms with Crippen LogP contribution in [0.25, 0.3) is 10.9 Å². The fraction of sp³-hybridized carbons (Fsp3) is 0.333. The quantitative estimate of drug-likeness (QED) is 0.579. The number of fused-ring (bicyclic) bond motifs is 1. The highest BCUT2D eigenvalue weighted by molar-refractivity contribution is 6.91. The van der Waals surface area contributed by atoms with Gasteiger partial charge in [0.05, 0.1) is 0 Å². The lowest BCUT2D eigenvalue weighted by molar-refractivity contribution is 1.16. The van der Waals surface area contributed by atoms with Crippen LogP contribution < -0.4 is 5.32 Å². The van der Waals surface area contributed by atoms with Gasteiger partial charge in [-0.3, -0.25) is 0 Å². The fourth-order valence-corrected chi connectivity index (χ4v) is 7.74. The van der Waals surface area contributed by atoms with Crippen LogP contribution in [0.5, 0.6) is 0 Å². The van der Waals surface area contributed by atoms with Crippen LogP contribution in [0.3, 0.4) is 0 Å². The van der Waals surface area contributed by atoms with Gasteiger partial charge >= 0.3 is 0 Å². The molecule has 0 amide bonds. The van der Waals surface area contributed by atoms with Crippen molar-refractivity contribution >= 4 is 24.3 Å². The van der Waals surface area contributed by atoms with E-state index in [-0.39, 0.29) is 0 Å². The van der Waals surface area contributed by atoms with Crippen molar-refractivity contribution in [2.45, 2.75) is 45.3 Å². The number of hydrogen-bond acceptors (Lipinski definition) is 0. The standard InChI is InChI=1S/C21H27NSi/c1-4-23(5-2,6-3)21-19(16-17-12-8-7-9-13-17)18-14-10-11-15-20(18)22-21/h7-15,22H,4-6,16H2,1-3H3. The minimum atomic E-state index is -1.43. The Labute approximate surface area is 140 Å². The summed E-state index contributed by atoms with van der Waals surface area (Å²) in [7, 11) is -1.43. The average molecular weight is 322 g/mol. The molecule has 0 saturated heterocycles. The van der Waals surface area contributed by atoms with Crippen LogP contribution in [-0.2, 0) is 6.42 Å². The van der Waals surface area contributed by atoms with Gasteiger partial charge in [-0.25, -0.2) is 0 Å². The summed E-state index contributed by atoms with van der Waals surface area (Å²) in [5.74, 6) is 0. The molecule has 23 heavy (non-hydrogen) atoms. The first-order valence-electron chi connectivity index (χ1n) is 8.88. The first-order chi connectivity index (χ1) is 11.2. The molecule has 0 aliphatic heterocycles. The zero-order valence-electron chi connectivity index (χ0n) is 14.5. The lowest BCUT2D eigenvalue weighted by Gasteiger charge is -2.28. The first kappa shape index (κ1) is 16.1. The van der Waals surface area contributed by atoms with Crippen molar-refractivity contribution < 1.29 is 0 Å². The molecule has 0 bridgehead atoms. The maximum absolute atomic E-state index is 3.84. The summed E-state index contributed by atoms with van der Waals surface area (Å²) in [4.78, 5) is 3.84. The molecule has 1 N–H and O–H groups in total. The van der Waals surface area contributed by atoms with Gasteiger partial charge in [-0.2, -0.15) is 0 Å². The number of hydrogen-bond donors (Lipinski definition) is 1. The predicted molar refractivity (Wildman–Crippen MR) is 104 cm³/mol. The number of H-pyrrole nitrogens is 1. The third-order valence-corrected chi connectivity index (χ3v) is 11.1. The Morgan fingerprint density at radius 1 is 0.783 bits per heavy atom. The van der Waals surface area contributed by atoms with E-state index in [1.807, 2.05) is 0 Å². The van der Waals surface area contributed by atoms with E-state index in [1.54, 1.807) is 10.9 Å². The molecular weight excluding hydrogens is 294 g/mol. The fourth-order valence-electron chi connectivity index (χ4n) is 3.92. The highest BCUT2D eigenvalue weighted by atomic mass is 28.3. The molecule has 1 aromatic heterocycles. The summed E-state index contributed by atoms with van der Waals surface area (Å²) in [5.41, 5.74) is 4.26. The van der Waals surface area contributed by atoms with Crippen LogP contribution in [0.2, 0.25) is 18.1 Å². The van der Waals surface area contributed by atoms with Gasteiger partial charge in [0.25, 0.3) is 0 Å². The molecule has 120 valence electrons. The van der Waals surface area contributed by atoms with Gasteiger partial charge in [-0.15, -0.1) is 0 Å². The largest absolute Gasteiger partial charge is 0.362 e. The van der Waals surface area contributed by atoms with Crippen molar-refractivity contribution in [3.63, 3.8) is 0 Å². The van der Waals surface area contributed by atoms with Gasteiger partial charge in [0.15, 0.2) is 0 Å². The maximum Gasteiger partial charge on any atom is 0.107 e. The van der Waals surface area contributed by atoms with E-state index < -0.39 is 8.07 Å². The highest BCUT2D eigenvalue weighted by Gasteiger charge is 2.33. The van der Waals surface area contributed by atoms with E-state index >= 15 is 0 Å². The van der Waals surface area contributed by atoms with Crippen molar-refractivity contribution in [3.8, 4) is 0 Å². The van der Waals surface area contributed by atoms with Crippen molar-refractivity contribution in [2.24, 2.45) is 0 Å². The second kappa shape index (κ2) is 6.75. The monoisotopic (exact) mass is 321 g/mol. The zero-order valence-corrected chi connectivity index (χ0v) is 15.5. The normalized spacial score (nSPS) is 12.0. The molecule has 1 nitrogen and oxygen atoms in total. The van der Waals surface area contributed by atoms with Crippen molar-refractivity contribution in [2.75, 3.05) is 0 Å². The zero-order chi connectivity index (χ0) is 16.3. The first-order valence-corrected chi connectivity index (χ1v) is 11.5. The summed E-state index contributed by atoms with van der Waals surface area (Å²) in [6, 6.07) is 23.7. The van der Waals surface area contributed by atoms with Crippen LogP contribution in [-0.4, -0.2) is 13.1 Å². The number of aromatic amines is 1.